The van der Waals surface area contributed by atoms with Crippen LogP contribution in [0.5, 0.6) is 5.75 Å². The second-order valence-electron chi connectivity index (χ2n) is 4.96. The minimum Gasteiger partial charge on any atom is -0.444 e. The van der Waals surface area contributed by atoms with Gasteiger partial charge in [-0.05, 0) is 32.9 Å². The van der Waals surface area contributed by atoms with E-state index in [9.17, 15) is 9.18 Å². The summed E-state index contributed by atoms with van der Waals surface area (Å²) in [5.74, 6) is -0.123. The number of halogens is 1. The molecule has 2 aromatic rings. The van der Waals surface area contributed by atoms with Crippen LogP contribution in [-0.2, 0) is 4.74 Å². The highest BCUT2D eigenvalue weighted by Crippen LogP contribution is 2.34. The Hall–Kier alpha value is -1.54. The number of benzene rings is 1. The molecule has 0 aliphatic heterocycles. The number of hydrogen-bond donors (Lipinski definition) is 2. The van der Waals surface area contributed by atoms with E-state index < -0.39 is 17.5 Å². The zero-order valence-electron chi connectivity index (χ0n) is 11.1. The molecule has 8 heteroatoms. The van der Waals surface area contributed by atoms with Gasteiger partial charge < -0.3 is 8.92 Å². The van der Waals surface area contributed by atoms with Crippen LogP contribution in [-0.4, -0.2) is 16.7 Å². The Morgan fingerprint density at radius 2 is 2.15 bits per heavy atom. The summed E-state index contributed by atoms with van der Waals surface area (Å²) in [6.45, 7) is 5.24. The van der Waals surface area contributed by atoms with E-state index in [2.05, 4.69) is 23.2 Å². The number of carbonyl (C=O) groups is 1. The van der Waals surface area contributed by atoms with Gasteiger partial charge in [0, 0.05) is 12.9 Å². The second kappa shape index (κ2) is 5.45. The number of thiol groups is 1. The third-order valence-electron chi connectivity index (χ3n) is 2.16. The van der Waals surface area contributed by atoms with Crippen molar-refractivity contribution < 1.29 is 18.1 Å². The van der Waals surface area contributed by atoms with Gasteiger partial charge in [-0.15, -0.1) is 0 Å². The number of thiazole rings is 1. The first-order valence-corrected chi connectivity index (χ1v) is 6.89. The molecule has 1 aromatic carbocycles. The Labute approximate surface area is 124 Å². The normalized spacial score (nSPS) is 11.4. The van der Waals surface area contributed by atoms with Gasteiger partial charge in [0.05, 0.1) is 4.70 Å². The van der Waals surface area contributed by atoms with Crippen LogP contribution in [0.4, 0.5) is 14.3 Å². The predicted molar refractivity (Wildman–Crippen MR) is 79.0 cm³/mol. The second-order valence-corrected chi connectivity index (χ2v) is 6.14. The van der Waals surface area contributed by atoms with E-state index in [1.807, 2.05) is 0 Å². The Morgan fingerprint density at radius 3 is 2.75 bits per heavy atom. The molecular formula is C12H13FN2O3S2. The van der Waals surface area contributed by atoms with Crippen molar-refractivity contribution in [2.24, 2.45) is 0 Å². The molecular weight excluding hydrogens is 303 g/mol. The fourth-order valence-electron chi connectivity index (χ4n) is 1.47. The summed E-state index contributed by atoms with van der Waals surface area (Å²) in [7, 11) is 0. The van der Waals surface area contributed by atoms with Crippen LogP contribution in [0.1, 0.15) is 20.8 Å². The number of fused-ring (bicyclic) bond motifs is 1. The number of nitrogens with one attached hydrogen (secondary N) is 1. The van der Waals surface area contributed by atoms with Crippen molar-refractivity contribution in [2.45, 2.75) is 26.4 Å². The Morgan fingerprint density at radius 1 is 1.45 bits per heavy atom. The van der Waals surface area contributed by atoms with Gasteiger partial charge in [0.25, 0.3) is 0 Å². The van der Waals surface area contributed by atoms with Crippen molar-refractivity contribution in [1.82, 2.24) is 4.98 Å². The van der Waals surface area contributed by atoms with E-state index in [-0.39, 0.29) is 9.83 Å². The smallest absolute Gasteiger partial charge is 0.413 e. The van der Waals surface area contributed by atoms with E-state index in [0.717, 1.165) is 11.3 Å². The van der Waals surface area contributed by atoms with Crippen molar-refractivity contribution in [3.63, 3.8) is 0 Å². The SMILES string of the molecule is CC(C)(C)OC(=O)Nc1nc2c(OS)ccc(F)c2s1. The first-order chi connectivity index (χ1) is 9.30. The lowest BCUT2D eigenvalue weighted by atomic mass is 10.2. The fourth-order valence-corrected chi connectivity index (χ4v) is 2.49. The van der Waals surface area contributed by atoms with Gasteiger partial charge in [0.2, 0.25) is 0 Å². The first-order valence-electron chi connectivity index (χ1n) is 5.70. The lowest BCUT2D eigenvalue weighted by Gasteiger charge is -2.18. The minimum absolute atomic E-state index is 0.228. The summed E-state index contributed by atoms with van der Waals surface area (Å²) < 4.78 is 23.9. The molecule has 0 aliphatic carbocycles. The first kappa shape index (κ1) is 14.9. The molecule has 2 rings (SSSR count). The standard InChI is InChI=1S/C12H13FN2O3S2/c1-12(2,3)17-11(16)15-10-14-8-7(18-19)5-4-6(13)9(8)20-10/h4-5,19H,1-3H3,(H,14,15,16). The van der Waals surface area contributed by atoms with E-state index in [1.165, 1.54) is 12.1 Å². The summed E-state index contributed by atoms with van der Waals surface area (Å²) in [6, 6.07) is 2.67. The number of aromatic nitrogens is 1. The molecule has 0 bridgehead atoms. The summed E-state index contributed by atoms with van der Waals surface area (Å²) in [5.41, 5.74) is -0.318. The van der Waals surface area contributed by atoms with Crippen LogP contribution in [0.2, 0.25) is 0 Å². The summed E-state index contributed by atoms with van der Waals surface area (Å²) in [4.78, 5) is 15.7. The van der Waals surface area contributed by atoms with E-state index in [4.69, 9.17) is 8.92 Å². The van der Waals surface area contributed by atoms with Crippen LogP contribution in [0.15, 0.2) is 12.1 Å². The minimum atomic E-state index is -0.648. The molecule has 1 amide bonds. The maximum atomic E-state index is 13.7. The molecule has 0 unspecified atom stereocenters. The molecule has 1 aromatic heterocycles. The number of nitrogens with zero attached hydrogens (tertiary/aromatic N) is 1. The number of amides is 1. The Balaban J connectivity index is 2.28. The highest BCUT2D eigenvalue weighted by atomic mass is 32.1. The lowest BCUT2D eigenvalue weighted by Crippen LogP contribution is -2.27. The maximum Gasteiger partial charge on any atom is 0.413 e. The Bertz CT molecular complexity index is 652. The largest absolute Gasteiger partial charge is 0.444 e. The topological polar surface area (TPSA) is 60.5 Å². The number of ether oxygens (including phenoxy) is 1. The van der Waals surface area contributed by atoms with Gasteiger partial charge in [0.15, 0.2) is 10.9 Å². The van der Waals surface area contributed by atoms with Crippen LogP contribution in [0, 0.1) is 5.82 Å². The third-order valence-corrected chi connectivity index (χ3v) is 3.34. The monoisotopic (exact) mass is 316 g/mol. The van der Waals surface area contributed by atoms with Gasteiger partial charge in [-0.1, -0.05) is 11.3 Å². The molecule has 0 radical (unpaired) electrons. The highest BCUT2D eigenvalue weighted by Gasteiger charge is 2.19. The fraction of sp³-hybridized carbons (Fsp3) is 0.333. The van der Waals surface area contributed by atoms with Gasteiger partial charge in [-0.3, -0.25) is 5.32 Å². The van der Waals surface area contributed by atoms with Gasteiger partial charge in [-0.25, -0.2) is 14.2 Å². The van der Waals surface area contributed by atoms with Gasteiger partial charge >= 0.3 is 6.09 Å². The van der Waals surface area contributed by atoms with Crippen molar-refractivity contribution in [1.29, 1.82) is 0 Å². The molecule has 0 fully saturated rings. The molecule has 108 valence electrons. The maximum absolute atomic E-state index is 13.7. The zero-order chi connectivity index (χ0) is 14.9. The van der Waals surface area contributed by atoms with Gasteiger partial charge in [-0.2, -0.15) is 0 Å². The molecule has 1 heterocycles. The number of anilines is 1. The third kappa shape index (κ3) is 3.31. The summed E-state index contributed by atoms with van der Waals surface area (Å²) in [6.07, 6.45) is -0.648. The quantitative estimate of drug-likeness (QED) is 0.649. The van der Waals surface area contributed by atoms with Gasteiger partial charge in [0.1, 0.15) is 16.9 Å². The van der Waals surface area contributed by atoms with Crippen molar-refractivity contribution >= 4 is 45.7 Å². The molecule has 0 spiro atoms. The van der Waals surface area contributed by atoms with Crippen molar-refractivity contribution in [3.05, 3.63) is 17.9 Å². The molecule has 0 atom stereocenters. The van der Waals surface area contributed by atoms with E-state index in [0.29, 0.717) is 11.3 Å². The average Bonchev–Trinajstić information content (AvgIpc) is 2.71. The van der Waals surface area contributed by atoms with Crippen molar-refractivity contribution in [3.8, 4) is 5.75 Å². The van der Waals surface area contributed by atoms with Crippen molar-refractivity contribution in [2.75, 3.05) is 5.32 Å². The number of carbonyl (C=O) groups excluding carboxylic acids is 1. The van der Waals surface area contributed by atoms with Crippen LogP contribution < -0.4 is 9.50 Å². The lowest BCUT2D eigenvalue weighted by molar-refractivity contribution is 0.0636. The van der Waals surface area contributed by atoms with Crippen LogP contribution in [0.3, 0.4) is 0 Å². The van der Waals surface area contributed by atoms with E-state index >= 15 is 0 Å². The number of hydrogen-bond acceptors (Lipinski definition) is 6. The zero-order valence-corrected chi connectivity index (χ0v) is 12.8. The number of rotatable bonds is 2. The molecule has 0 saturated carbocycles. The van der Waals surface area contributed by atoms with E-state index in [1.54, 1.807) is 20.8 Å². The molecule has 0 saturated heterocycles. The molecule has 1 N–H and O–H groups in total. The Kier molecular flexibility index (Phi) is 4.05. The highest BCUT2D eigenvalue weighted by molar-refractivity contribution is 7.75. The molecule has 5 nitrogen and oxygen atoms in total. The summed E-state index contributed by atoms with van der Waals surface area (Å²) in [5, 5.41) is 2.69. The van der Waals surface area contributed by atoms with Crippen LogP contribution >= 0.6 is 24.2 Å². The summed E-state index contributed by atoms with van der Waals surface area (Å²) >= 11 is 4.68. The van der Waals surface area contributed by atoms with Crippen LogP contribution in [0.25, 0.3) is 10.2 Å². The molecule has 0 aliphatic rings. The predicted octanol–water partition coefficient (Wildman–Crippen LogP) is 4.01. The molecule has 20 heavy (non-hydrogen) atoms. The average molecular weight is 316 g/mol.